The number of halogens is 3. The van der Waals surface area contributed by atoms with Gasteiger partial charge in [0, 0.05) is 18.9 Å². The van der Waals surface area contributed by atoms with Gasteiger partial charge in [0.25, 0.3) is 0 Å². The Morgan fingerprint density at radius 3 is 2.07 bits per heavy atom. The summed E-state index contributed by atoms with van der Waals surface area (Å²) in [5, 5.41) is 8.96. The first-order valence-corrected chi connectivity index (χ1v) is 9.15. The first-order chi connectivity index (χ1) is 13.8. The van der Waals surface area contributed by atoms with Crippen molar-refractivity contribution in [2.45, 2.75) is 24.9 Å². The average Bonchev–Trinajstić information content (AvgIpc) is 2.98. The number of nitrogens with zero attached hydrogens (tertiary/aromatic N) is 1. The minimum absolute atomic E-state index is 0.0255. The number of aliphatic carboxylic acids is 1. The van der Waals surface area contributed by atoms with Gasteiger partial charge in [0.1, 0.15) is 13.2 Å². The lowest BCUT2D eigenvalue weighted by Crippen LogP contribution is -2.37. The highest BCUT2D eigenvalue weighted by Crippen LogP contribution is 2.44. The maximum Gasteiger partial charge on any atom is 0.410 e. The molecule has 0 saturated heterocycles. The van der Waals surface area contributed by atoms with Crippen molar-refractivity contribution in [1.82, 2.24) is 4.90 Å². The van der Waals surface area contributed by atoms with E-state index >= 15 is 0 Å². The number of carboxylic acids is 1. The van der Waals surface area contributed by atoms with Gasteiger partial charge in [0.2, 0.25) is 0 Å². The number of rotatable bonds is 7. The molecule has 0 fully saturated rings. The number of benzene rings is 2. The van der Waals surface area contributed by atoms with E-state index in [4.69, 9.17) is 9.84 Å². The fourth-order valence-corrected chi connectivity index (χ4v) is 3.55. The maximum atomic E-state index is 12.4. The third-order valence-corrected chi connectivity index (χ3v) is 4.81. The number of alkyl halides is 3. The molecule has 0 unspecified atom stereocenters. The van der Waals surface area contributed by atoms with E-state index in [9.17, 15) is 22.8 Å². The summed E-state index contributed by atoms with van der Waals surface area (Å²) in [4.78, 5) is 24.2. The molecule has 0 aliphatic heterocycles. The molecular formula is C21H20F3NO4. The van der Waals surface area contributed by atoms with Crippen LogP contribution in [0.4, 0.5) is 18.0 Å². The van der Waals surface area contributed by atoms with Gasteiger partial charge < -0.3 is 9.84 Å². The molecule has 0 bridgehead atoms. The van der Waals surface area contributed by atoms with Gasteiger partial charge in [-0.15, -0.1) is 0 Å². The molecule has 0 atom stereocenters. The van der Waals surface area contributed by atoms with Crippen LogP contribution in [0, 0.1) is 0 Å². The molecule has 0 saturated carbocycles. The van der Waals surface area contributed by atoms with Gasteiger partial charge in [-0.1, -0.05) is 48.5 Å². The quantitative estimate of drug-likeness (QED) is 0.725. The molecule has 1 N–H and O–H groups in total. The molecule has 154 valence electrons. The number of carbonyl (C=O) groups is 2. The lowest BCUT2D eigenvalue weighted by molar-refractivity contribution is -0.139. The molecule has 0 heterocycles. The Bertz CT molecular complexity index is 852. The van der Waals surface area contributed by atoms with E-state index < -0.39 is 31.2 Å². The van der Waals surface area contributed by atoms with Crippen LogP contribution >= 0.6 is 0 Å². The molecule has 2 aromatic rings. The summed E-state index contributed by atoms with van der Waals surface area (Å²) in [6, 6.07) is 15.4. The summed E-state index contributed by atoms with van der Waals surface area (Å²) in [5.74, 6) is -1.53. The summed E-state index contributed by atoms with van der Waals surface area (Å²) >= 11 is 0. The standard InChI is InChI=1S/C21H20F3NO4/c22-21(23,24)10-5-11-25(12-19(26)27)20(28)29-13-18-16-8-3-1-6-14(16)15-7-2-4-9-17(15)18/h1-4,6-9,18H,5,10-13H2,(H,26,27). The number of fused-ring (bicyclic) bond motifs is 3. The molecule has 0 aromatic heterocycles. The van der Waals surface area contributed by atoms with Crippen molar-refractivity contribution in [3.63, 3.8) is 0 Å². The van der Waals surface area contributed by atoms with Gasteiger partial charge in [-0.3, -0.25) is 9.69 Å². The van der Waals surface area contributed by atoms with E-state index in [-0.39, 0.29) is 25.5 Å². The second-order valence-electron chi connectivity index (χ2n) is 6.84. The molecule has 0 radical (unpaired) electrons. The van der Waals surface area contributed by atoms with Crippen LogP contribution in [0.3, 0.4) is 0 Å². The van der Waals surface area contributed by atoms with Crippen molar-refractivity contribution in [3.8, 4) is 11.1 Å². The molecule has 5 nitrogen and oxygen atoms in total. The van der Waals surface area contributed by atoms with Crippen LogP contribution in [0.1, 0.15) is 29.9 Å². The summed E-state index contributed by atoms with van der Waals surface area (Å²) in [6.45, 7) is -1.08. The van der Waals surface area contributed by atoms with Gasteiger partial charge in [-0.25, -0.2) is 4.79 Å². The lowest BCUT2D eigenvalue weighted by atomic mass is 9.98. The Labute approximate surface area is 165 Å². The molecule has 3 rings (SSSR count). The fourth-order valence-electron chi connectivity index (χ4n) is 3.55. The van der Waals surface area contributed by atoms with E-state index in [0.717, 1.165) is 27.2 Å². The van der Waals surface area contributed by atoms with Crippen LogP contribution in [0.25, 0.3) is 11.1 Å². The summed E-state index contributed by atoms with van der Waals surface area (Å²) < 4.78 is 42.4. The number of carboxylic acid groups (broad SMARTS) is 1. The van der Waals surface area contributed by atoms with E-state index in [1.807, 2.05) is 48.5 Å². The second-order valence-corrected chi connectivity index (χ2v) is 6.84. The zero-order chi connectivity index (χ0) is 21.0. The van der Waals surface area contributed by atoms with Crippen molar-refractivity contribution < 1.29 is 32.6 Å². The van der Waals surface area contributed by atoms with Crippen LogP contribution in [0.5, 0.6) is 0 Å². The van der Waals surface area contributed by atoms with Gasteiger partial charge >= 0.3 is 18.2 Å². The Balaban J connectivity index is 1.68. The zero-order valence-corrected chi connectivity index (χ0v) is 15.5. The highest BCUT2D eigenvalue weighted by Gasteiger charge is 2.31. The van der Waals surface area contributed by atoms with Crippen LogP contribution in [-0.4, -0.2) is 47.9 Å². The number of carbonyl (C=O) groups excluding carboxylic acids is 1. The van der Waals surface area contributed by atoms with Crippen molar-refractivity contribution >= 4 is 12.1 Å². The molecule has 1 aliphatic carbocycles. The number of amides is 1. The Morgan fingerprint density at radius 1 is 1.00 bits per heavy atom. The zero-order valence-electron chi connectivity index (χ0n) is 15.5. The van der Waals surface area contributed by atoms with Gasteiger partial charge in [-0.2, -0.15) is 13.2 Å². The first-order valence-electron chi connectivity index (χ1n) is 9.15. The minimum atomic E-state index is -4.37. The molecular weight excluding hydrogens is 387 g/mol. The lowest BCUT2D eigenvalue weighted by Gasteiger charge is -2.22. The highest BCUT2D eigenvalue weighted by atomic mass is 19.4. The van der Waals surface area contributed by atoms with Gasteiger partial charge in [0.05, 0.1) is 0 Å². The maximum absolute atomic E-state index is 12.4. The average molecular weight is 407 g/mol. The monoisotopic (exact) mass is 407 g/mol. The Morgan fingerprint density at radius 2 is 1.55 bits per heavy atom. The third-order valence-electron chi connectivity index (χ3n) is 4.81. The summed E-state index contributed by atoms with van der Waals surface area (Å²) in [5.41, 5.74) is 4.06. The smallest absolute Gasteiger partial charge is 0.410 e. The predicted octanol–water partition coefficient (Wildman–Crippen LogP) is 4.66. The van der Waals surface area contributed by atoms with E-state index in [1.54, 1.807) is 0 Å². The molecule has 29 heavy (non-hydrogen) atoms. The summed E-state index contributed by atoms with van der Waals surface area (Å²) in [7, 11) is 0. The first kappa shape index (κ1) is 20.7. The van der Waals surface area contributed by atoms with Crippen LogP contribution < -0.4 is 0 Å². The Kier molecular flexibility index (Phi) is 6.10. The van der Waals surface area contributed by atoms with Crippen molar-refractivity contribution in [1.29, 1.82) is 0 Å². The van der Waals surface area contributed by atoms with Gasteiger partial charge in [0.15, 0.2) is 0 Å². The normalized spacial score (nSPS) is 12.9. The van der Waals surface area contributed by atoms with E-state index in [2.05, 4.69) is 0 Å². The molecule has 0 spiro atoms. The van der Waals surface area contributed by atoms with Gasteiger partial charge in [-0.05, 0) is 28.7 Å². The topological polar surface area (TPSA) is 66.8 Å². The highest BCUT2D eigenvalue weighted by molar-refractivity contribution is 5.79. The van der Waals surface area contributed by atoms with Crippen molar-refractivity contribution in [3.05, 3.63) is 59.7 Å². The molecule has 1 amide bonds. The van der Waals surface area contributed by atoms with Crippen LogP contribution in [-0.2, 0) is 9.53 Å². The van der Waals surface area contributed by atoms with E-state index in [1.165, 1.54) is 0 Å². The fraction of sp³-hybridized carbons (Fsp3) is 0.333. The molecule has 2 aromatic carbocycles. The third kappa shape index (κ3) is 5.07. The number of hydrogen-bond donors (Lipinski definition) is 1. The number of ether oxygens (including phenoxy) is 1. The molecule has 1 aliphatic rings. The van der Waals surface area contributed by atoms with E-state index in [0.29, 0.717) is 0 Å². The second kappa shape index (κ2) is 8.55. The van der Waals surface area contributed by atoms with Crippen molar-refractivity contribution in [2.75, 3.05) is 19.7 Å². The minimum Gasteiger partial charge on any atom is -0.480 e. The molecule has 8 heteroatoms. The summed E-state index contributed by atoms with van der Waals surface area (Å²) in [6.07, 6.45) is -6.78. The van der Waals surface area contributed by atoms with Crippen LogP contribution in [0.15, 0.2) is 48.5 Å². The Hall–Kier alpha value is -3.03. The predicted molar refractivity (Wildman–Crippen MR) is 99.6 cm³/mol. The SMILES string of the molecule is O=C(O)CN(CCCC(F)(F)F)C(=O)OCC1c2ccccc2-c2ccccc21. The van der Waals surface area contributed by atoms with Crippen LogP contribution in [0.2, 0.25) is 0 Å². The number of hydrogen-bond acceptors (Lipinski definition) is 3. The largest absolute Gasteiger partial charge is 0.480 e. The van der Waals surface area contributed by atoms with Crippen molar-refractivity contribution in [2.24, 2.45) is 0 Å².